The second kappa shape index (κ2) is 6.17. The summed E-state index contributed by atoms with van der Waals surface area (Å²) in [7, 11) is 0. The first-order valence-corrected chi connectivity index (χ1v) is 5.88. The molecule has 0 bridgehead atoms. The maximum atomic E-state index is 13.3. The molecule has 0 saturated carbocycles. The molecule has 1 aromatic rings. The molecule has 1 unspecified atom stereocenters. The van der Waals surface area contributed by atoms with E-state index in [1.54, 1.807) is 19.9 Å². The summed E-state index contributed by atoms with van der Waals surface area (Å²) in [6.07, 6.45) is 0. The minimum absolute atomic E-state index is 0.253. The molecule has 0 fully saturated rings. The third-order valence-electron chi connectivity index (χ3n) is 2.74. The number of carboxylic acid groups (broad SMARTS) is 1. The number of amides is 2. The molecule has 0 aliphatic heterocycles. The Morgan fingerprint density at radius 1 is 1.32 bits per heavy atom. The lowest BCUT2D eigenvalue weighted by molar-refractivity contribution is -0.140. The highest BCUT2D eigenvalue weighted by molar-refractivity contribution is 5.92. The largest absolute Gasteiger partial charge is 0.480 e. The van der Waals surface area contributed by atoms with Crippen LogP contribution in [0.1, 0.15) is 19.4 Å². The molecular formula is C13H17FN2O3. The molecule has 0 aliphatic rings. The van der Waals surface area contributed by atoms with Crippen molar-refractivity contribution in [2.75, 3.05) is 5.32 Å². The van der Waals surface area contributed by atoms with Crippen LogP contribution >= 0.6 is 0 Å². The molecule has 1 atom stereocenters. The van der Waals surface area contributed by atoms with Gasteiger partial charge in [0.2, 0.25) is 0 Å². The second-order valence-corrected chi connectivity index (χ2v) is 4.57. The predicted molar refractivity (Wildman–Crippen MR) is 69.6 cm³/mol. The zero-order valence-corrected chi connectivity index (χ0v) is 11.0. The summed E-state index contributed by atoms with van der Waals surface area (Å²) in [5.41, 5.74) is 0.611. The minimum Gasteiger partial charge on any atom is -0.480 e. The Bertz CT molecular complexity index is 489. The Morgan fingerprint density at radius 2 is 1.95 bits per heavy atom. The normalized spacial score (nSPS) is 12.1. The Labute approximate surface area is 110 Å². The van der Waals surface area contributed by atoms with Crippen molar-refractivity contribution in [2.45, 2.75) is 26.8 Å². The van der Waals surface area contributed by atoms with Crippen molar-refractivity contribution >= 4 is 17.7 Å². The first-order chi connectivity index (χ1) is 8.82. The van der Waals surface area contributed by atoms with Gasteiger partial charge in [-0.2, -0.15) is 0 Å². The highest BCUT2D eigenvalue weighted by atomic mass is 19.1. The van der Waals surface area contributed by atoms with E-state index in [0.29, 0.717) is 11.3 Å². The van der Waals surface area contributed by atoms with E-state index in [0.717, 1.165) is 0 Å². The van der Waals surface area contributed by atoms with Crippen LogP contribution in [-0.4, -0.2) is 23.1 Å². The van der Waals surface area contributed by atoms with Crippen LogP contribution in [0.5, 0.6) is 0 Å². The van der Waals surface area contributed by atoms with E-state index >= 15 is 0 Å². The van der Waals surface area contributed by atoms with E-state index in [1.807, 2.05) is 0 Å². The van der Waals surface area contributed by atoms with Crippen LogP contribution in [0, 0.1) is 18.7 Å². The molecule has 104 valence electrons. The zero-order valence-electron chi connectivity index (χ0n) is 11.0. The van der Waals surface area contributed by atoms with Gasteiger partial charge in [0, 0.05) is 11.3 Å². The summed E-state index contributed by atoms with van der Waals surface area (Å²) in [5, 5.41) is 13.7. The number of rotatable bonds is 4. The number of benzene rings is 1. The van der Waals surface area contributed by atoms with Crippen LogP contribution < -0.4 is 10.6 Å². The molecule has 2 amide bonds. The molecule has 0 heterocycles. The predicted octanol–water partition coefficient (Wildman–Crippen LogP) is 2.36. The molecule has 0 aromatic heterocycles. The van der Waals surface area contributed by atoms with Gasteiger partial charge in [-0.25, -0.2) is 14.0 Å². The number of aliphatic carboxylic acids is 1. The van der Waals surface area contributed by atoms with Gasteiger partial charge in [-0.3, -0.25) is 0 Å². The van der Waals surface area contributed by atoms with Gasteiger partial charge in [-0.05, 0) is 25.0 Å². The Kier molecular flexibility index (Phi) is 4.86. The fraction of sp³-hybridized carbons (Fsp3) is 0.385. The molecule has 1 aromatic carbocycles. The third-order valence-corrected chi connectivity index (χ3v) is 2.74. The number of anilines is 1. The number of hydrogen-bond acceptors (Lipinski definition) is 2. The standard InChI is InChI=1S/C13H17FN2O3/c1-7(2)11(12(17)18)16-13(19)15-10-6-4-5-9(14)8(10)3/h4-7,11H,1-3H3,(H,17,18)(H2,15,16,19). The smallest absolute Gasteiger partial charge is 0.326 e. The van der Waals surface area contributed by atoms with Crippen LogP contribution in [0.2, 0.25) is 0 Å². The quantitative estimate of drug-likeness (QED) is 0.784. The third kappa shape index (κ3) is 3.94. The lowest BCUT2D eigenvalue weighted by Crippen LogP contribution is -2.46. The summed E-state index contributed by atoms with van der Waals surface area (Å²) < 4.78 is 13.3. The number of carbonyl (C=O) groups is 2. The maximum absolute atomic E-state index is 13.3. The van der Waals surface area contributed by atoms with Crippen LogP contribution in [0.3, 0.4) is 0 Å². The highest BCUT2D eigenvalue weighted by Crippen LogP contribution is 2.17. The van der Waals surface area contributed by atoms with Gasteiger partial charge in [0.1, 0.15) is 11.9 Å². The van der Waals surface area contributed by atoms with Crippen LogP contribution in [-0.2, 0) is 4.79 Å². The SMILES string of the molecule is Cc1c(F)cccc1NC(=O)NC(C(=O)O)C(C)C. The fourth-order valence-corrected chi connectivity index (χ4v) is 1.56. The maximum Gasteiger partial charge on any atom is 0.326 e. The first-order valence-electron chi connectivity index (χ1n) is 5.88. The molecule has 5 nitrogen and oxygen atoms in total. The Hall–Kier alpha value is -2.11. The van der Waals surface area contributed by atoms with Crippen molar-refractivity contribution in [3.63, 3.8) is 0 Å². The van der Waals surface area contributed by atoms with Crippen molar-refractivity contribution in [3.05, 3.63) is 29.6 Å². The molecule has 3 N–H and O–H groups in total. The van der Waals surface area contributed by atoms with Crippen LogP contribution in [0.15, 0.2) is 18.2 Å². The van der Waals surface area contributed by atoms with Gasteiger partial charge < -0.3 is 15.7 Å². The van der Waals surface area contributed by atoms with Gasteiger partial charge in [0.05, 0.1) is 0 Å². The summed E-state index contributed by atoms with van der Waals surface area (Å²) in [6, 6.07) is 2.63. The first kappa shape index (κ1) is 14.9. The average Bonchev–Trinajstić information content (AvgIpc) is 2.31. The van der Waals surface area contributed by atoms with E-state index in [9.17, 15) is 14.0 Å². The number of urea groups is 1. The van der Waals surface area contributed by atoms with Gasteiger partial charge in [0.15, 0.2) is 0 Å². The van der Waals surface area contributed by atoms with E-state index < -0.39 is 23.9 Å². The van der Waals surface area contributed by atoms with Crippen LogP contribution in [0.4, 0.5) is 14.9 Å². The monoisotopic (exact) mass is 268 g/mol. The molecular weight excluding hydrogens is 251 g/mol. The Balaban J connectivity index is 2.75. The summed E-state index contributed by atoms with van der Waals surface area (Å²) in [6.45, 7) is 4.90. The summed E-state index contributed by atoms with van der Waals surface area (Å²) in [5.74, 6) is -1.80. The van der Waals surface area contributed by atoms with Crippen molar-refractivity contribution in [3.8, 4) is 0 Å². The van der Waals surface area contributed by atoms with Crippen molar-refractivity contribution in [1.29, 1.82) is 0 Å². The van der Waals surface area contributed by atoms with E-state index in [2.05, 4.69) is 10.6 Å². The second-order valence-electron chi connectivity index (χ2n) is 4.57. The summed E-state index contributed by atoms with van der Waals surface area (Å²) >= 11 is 0. The number of carboxylic acids is 1. The molecule has 1 rings (SSSR count). The summed E-state index contributed by atoms with van der Waals surface area (Å²) in [4.78, 5) is 22.6. The van der Waals surface area contributed by atoms with Gasteiger partial charge in [-0.15, -0.1) is 0 Å². The molecule has 6 heteroatoms. The number of nitrogens with one attached hydrogen (secondary N) is 2. The molecule has 0 radical (unpaired) electrons. The molecule has 0 saturated heterocycles. The molecule has 0 aliphatic carbocycles. The Morgan fingerprint density at radius 3 is 2.47 bits per heavy atom. The fourth-order valence-electron chi connectivity index (χ4n) is 1.56. The number of carbonyl (C=O) groups excluding carboxylic acids is 1. The topological polar surface area (TPSA) is 78.4 Å². The van der Waals surface area contributed by atoms with Crippen LogP contribution in [0.25, 0.3) is 0 Å². The van der Waals surface area contributed by atoms with Crippen molar-refractivity contribution in [2.24, 2.45) is 5.92 Å². The zero-order chi connectivity index (χ0) is 14.6. The van der Waals surface area contributed by atoms with Crippen molar-refractivity contribution < 1.29 is 19.1 Å². The van der Waals surface area contributed by atoms with E-state index in [1.165, 1.54) is 19.1 Å². The average molecular weight is 268 g/mol. The number of halogens is 1. The van der Waals surface area contributed by atoms with Crippen molar-refractivity contribution in [1.82, 2.24) is 5.32 Å². The lowest BCUT2D eigenvalue weighted by atomic mass is 10.1. The highest BCUT2D eigenvalue weighted by Gasteiger charge is 2.23. The van der Waals surface area contributed by atoms with E-state index in [4.69, 9.17) is 5.11 Å². The molecule has 19 heavy (non-hydrogen) atoms. The number of hydrogen-bond donors (Lipinski definition) is 3. The lowest BCUT2D eigenvalue weighted by Gasteiger charge is -2.18. The van der Waals surface area contributed by atoms with E-state index in [-0.39, 0.29) is 5.92 Å². The molecule has 0 spiro atoms. The van der Waals surface area contributed by atoms with Gasteiger partial charge in [-0.1, -0.05) is 19.9 Å². The van der Waals surface area contributed by atoms with Gasteiger partial charge in [0.25, 0.3) is 0 Å². The van der Waals surface area contributed by atoms with Gasteiger partial charge >= 0.3 is 12.0 Å². The minimum atomic E-state index is -1.11.